The first-order valence-corrected chi connectivity index (χ1v) is 5.51. The summed E-state index contributed by atoms with van der Waals surface area (Å²) in [5.74, 6) is -0.314. The number of aliphatic carboxylic acids is 1. The summed E-state index contributed by atoms with van der Waals surface area (Å²) in [5.41, 5.74) is 5.52. The largest absolute Gasteiger partial charge is 0.480 e. The Balaban J connectivity index is 4.21. The third-order valence-electron chi connectivity index (χ3n) is 1.62. The van der Waals surface area contributed by atoms with Gasteiger partial charge >= 0.3 is 5.97 Å². The van der Waals surface area contributed by atoms with Crippen LogP contribution < -0.4 is 5.73 Å². The standard InChI is InChI=1S/C8H14BrNO2S/c1-5(9)4-13-8(2,3)6(10)7(11)12/h6H,1,4,10H2,2-3H3,(H,11,12)/t6-/m0/s1. The maximum atomic E-state index is 10.6. The van der Waals surface area contributed by atoms with Crippen molar-refractivity contribution < 1.29 is 9.90 Å². The summed E-state index contributed by atoms with van der Waals surface area (Å²) in [5, 5.41) is 8.71. The second kappa shape index (κ2) is 5.02. The monoisotopic (exact) mass is 267 g/mol. The van der Waals surface area contributed by atoms with Crippen molar-refractivity contribution in [1.82, 2.24) is 0 Å². The van der Waals surface area contributed by atoms with Crippen LogP contribution in [0.3, 0.4) is 0 Å². The lowest BCUT2D eigenvalue weighted by molar-refractivity contribution is -0.139. The molecule has 0 aromatic rings. The molecule has 0 saturated carbocycles. The van der Waals surface area contributed by atoms with Crippen molar-refractivity contribution in [2.45, 2.75) is 24.6 Å². The third kappa shape index (κ3) is 4.69. The number of hydrogen-bond donors (Lipinski definition) is 2. The van der Waals surface area contributed by atoms with Gasteiger partial charge in [0, 0.05) is 10.5 Å². The highest BCUT2D eigenvalue weighted by Crippen LogP contribution is 2.29. The normalized spacial score (nSPS) is 13.8. The Labute approximate surface area is 90.9 Å². The molecule has 0 fully saturated rings. The molecule has 0 unspecified atom stereocenters. The number of carboxylic acid groups (broad SMARTS) is 1. The molecule has 0 amide bonds. The van der Waals surface area contributed by atoms with Crippen LogP contribution in [0.2, 0.25) is 0 Å². The van der Waals surface area contributed by atoms with Crippen molar-refractivity contribution in [3.05, 3.63) is 11.1 Å². The van der Waals surface area contributed by atoms with Crippen LogP contribution in [0.5, 0.6) is 0 Å². The van der Waals surface area contributed by atoms with Gasteiger partial charge in [0.15, 0.2) is 0 Å². The minimum Gasteiger partial charge on any atom is -0.480 e. The molecule has 0 aliphatic carbocycles. The van der Waals surface area contributed by atoms with E-state index in [0.29, 0.717) is 5.75 Å². The van der Waals surface area contributed by atoms with Crippen LogP contribution in [0, 0.1) is 0 Å². The molecule has 1 atom stereocenters. The first-order valence-electron chi connectivity index (χ1n) is 3.73. The van der Waals surface area contributed by atoms with Crippen LogP contribution in [-0.4, -0.2) is 27.6 Å². The molecule has 0 spiro atoms. The number of nitrogens with two attached hydrogens (primary N) is 1. The fourth-order valence-electron chi connectivity index (χ4n) is 0.651. The van der Waals surface area contributed by atoms with Crippen molar-refractivity contribution >= 4 is 33.7 Å². The zero-order valence-corrected chi connectivity index (χ0v) is 10.1. The first kappa shape index (κ1) is 13.0. The summed E-state index contributed by atoms with van der Waals surface area (Å²) in [6.07, 6.45) is 0. The summed E-state index contributed by atoms with van der Waals surface area (Å²) >= 11 is 4.68. The average Bonchev–Trinajstić information content (AvgIpc) is 1.99. The second-order valence-corrected chi connectivity index (χ2v) is 5.98. The number of hydrogen-bond acceptors (Lipinski definition) is 3. The van der Waals surface area contributed by atoms with Crippen molar-refractivity contribution in [3.63, 3.8) is 0 Å². The zero-order valence-electron chi connectivity index (χ0n) is 7.71. The van der Waals surface area contributed by atoms with E-state index in [1.165, 1.54) is 11.8 Å². The minimum atomic E-state index is -0.974. The number of carbonyl (C=O) groups is 1. The fourth-order valence-corrected chi connectivity index (χ4v) is 1.80. The molecule has 0 aromatic carbocycles. The van der Waals surface area contributed by atoms with E-state index in [-0.39, 0.29) is 0 Å². The lowest BCUT2D eigenvalue weighted by atomic mass is 10.1. The van der Waals surface area contributed by atoms with Crippen LogP contribution in [0.25, 0.3) is 0 Å². The molecule has 0 rings (SSSR count). The van der Waals surface area contributed by atoms with Gasteiger partial charge in [-0.05, 0) is 18.3 Å². The Morgan fingerprint density at radius 1 is 1.77 bits per heavy atom. The van der Waals surface area contributed by atoms with Gasteiger partial charge in [0.25, 0.3) is 0 Å². The lowest BCUT2D eigenvalue weighted by Crippen LogP contribution is -2.46. The van der Waals surface area contributed by atoms with Gasteiger partial charge in [0.1, 0.15) is 6.04 Å². The predicted molar refractivity (Wildman–Crippen MR) is 60.2 cm³/mol. The van der Waals surface area contributed by atoms with Crippen molar-refractivity contribution in [1.29, 1.82) is 0 Å². The SMILES string of the molecule is C=C(Br)CSC(C)(C)[C@@H](N)C(=O)O. The quantitative estimate of drug-likeness (QED) is 0.798. The Morgan fingerprint density at radius 2 is 2.23 bits per heavy atom. The molecule has 3 nitrogen and oxygen atoms in total. The van der Waals surface area contributed by atoms with Crippen molar-refractivity contribution in [2.75, 3.05) is 5.75 Å². The molecule has 0 heterocycles. The molecule has 5 heteroatoms. The van der Waals surface area contributed by atoms with E-state index >= 15 is 0 Å². The summed E-state index contributed by atoms with van der Waals surface area (Å²) in [6.45, 7) is 7.29. The number of rotatable bonds is 5. The Hall–Kier alpha value is -0.000000000000000111. The van der Waals surface area contributed by atoms with Gasteiger partial charge in [-0.15, -0.1) is 11.8 Å². The molecule has 76 valence electrons. The minimum absolute atomic E-state index is 0.484. The van der Waals surface area contributed by atoms with Crippen LogP contribution in [0.4, 0.5) is 0 Å². The molecular weight excluding hydrogens is 254 g/mol. The topological polar surface area (TPSA) is 63.3 Å². The first-order chi connectivity index (χ1) is 5.77. The van der Waals surface area contributed by atoms with E-state index in [4.69, 9.17) is 10.8 Å². The smallest absolute Gasteiger partial charge is 0.321 e. The average molecular weight is 268 g/mol. The molecular formula is C8H14BrNO2S. The third-order valence-corrected chi connectivity index (χ3v) is 3.76. The van der Waals surface area contributed by atoms with Crippen molar-refractivity contribution in [2.24, 2.45) is 5.73 Å². The molecule has 0 radical (unpaired) electrons. The van der Waals surface area contributed by atoms with Gasteiger partial charge < -0.3 is 10.8 Å². The Kier molecular flexibility index (Phi) is 5.02. The summed E-state index contributed by atoms with van der Waals surface area (Å²) in [6, 6.07) is -0.857. The van der Waals surface area contributed by atoms with Crippen LogP contribution in [0.1, 0.15) is 13.8 Å². The highest BCUT2D eigenvalue weighted by Gasteiger charge is 2.32. The van der Waals surface area contributed by atoms with Gasteiger partial charge in [-0.1, -0.05) is 22.5 Å². The van der Waals surface area contributed by atoms with Gasteiger partial charge in [-0.2, -0.15) is 0 Å². The highest BCUT2D eigenvalue weighted by atomic mass is 79.9. The fraction of sp³-hybridized carbons (Fsp3) is 0.625. The molecule has 3 N–H and O–H groups in total. The summed E-state index contributed by atoms with van der Waals surface area (Å²) < 4.78 is 0.353. The van der Waals surface area contributed by atoms with E-state index in [2.05, 4.69) is 22.5 Å². The zero-order chi connectivity index (χ0) is 10.6. The van der Waals surface area contributed by atoms with E-state index in [9.17, 15) is 4.79 Å². The Bertz CT molecular complexity index is 218. The number of carboxylic acids is 1. The molecule has 0 aliphatic rings. The van der Waals surface area contributed by atoms with Crippen LogP contribution >= 0.6 is 27.7 Å². The second-order valence-electron chi connectivity index (χ2n) is 3.23. The maximum absolute atomic E-state index is 10.6. The van der Waals surface area contributed by atoms with Crippen molar-refractivity contribution in [3.8, 4) is 0 Å². The van der Waals surface area contributed by atoms with Gasteiger partial charge in [0.2, 0.25) is 0 Å². The van der Waals surface area contributed by atoms with Gasteiger partial charge in [0.05, 0.1) is 0 Å². The lowest BCUT2D eigenvalue weighted by Gasteiger charge is -2.27. The van der Waals surface area contributed by atoms with Gasteiger partial charge in [-0.25, -0.2) is 0 Å². The van der Waals surface area contributed by atoms with E-state index in [0.717, 1.165) is 4.48 Å². The van der Waals surface area contributed by atoms with E-state index in [1.54, 1.807) is 0 Å². The molecule has 0 bridgehead atoms. The summed E-state index contributed by atoms with van der Waals surface area (Å²) in [7, 11) is 0. The van der Waals surface area contributed by atoms with E-state index < -0.39 is 16.8 Å². The Morgan fingerprint density at radius 3 is 2.54 bits per heavy atom. The number of thioether (sulfide) groups is 1. The summed E-state index contributed by atoms with van der Waals surface area (Å²) in [4.78, 5) is 10.6. The molecule has 0 aliphatic heterocycles. The van der Waals surface area contributed by atoms with Crippen LogP contribution in [-0.2, 0) is 4.79 Å². The van der Waals surface area contributed by atoms with Gasteiger partial charge in [-0.3, -0.25) is 4.79 Å². The number of halogens is 1. The highest BCUT2D eigenvalue weighted by molar-refractivity contribution is 9.11. The van der Waals surface area contributed by atoms with Crippen LogP contribution in [0.15, 0.2) is 11.1 Å². The predicted octanol–water partition coefficient (Wildman–Crippen LogP) is 1.82. The molecule has 0 aromatic heterocycles. The molecule has 0 saturated heterocycles. The molecule has 13 heavy (non-hydrogen) atoms. The van der Waals surface area contributed by atoms with E-state index in [1.807, 2.05) is 13.8 Å². The maximum Gasteiger partial charge on any atom is 0.321 e.